The van der Waals surface area contributed by atoms with Gasteiger partial charge in [-0.25, -0.2) is 0 Å². The zero-order valence-corrected chi connectivity index (χ0v) is 16.0. The van der Waals surface area contributed by atoms with Crippen LogP contribution in [0.15, 0.2) is 24.3 Å². The number of benzene rings is 1. The number of ether oxygens (including phenoxy) is 1. The van der Waals surface area contributed by atoms with E-state index >= 15 is 0 Å². The lowest BCUT2D eigenvalue weighted by molar-refractivity contribution is -0.158. The highest BCUT2D eigenvalue weighted by Crippen LogP contribution is 2.25. The topological polar surface area (TPSA) is 90.9 Å². The molecule has 0 aromatic heterocycles. The Hall–Kier alpha value is -2.12. The molecule has 7 heteroatoms. The largest absolute Gasteiger partial charge is 0.497 e. The molecule has 0 radical (unpaired) electrons. The summed E-state index contributed by atoms with van der Waals surface area (Å²) in [7, 11) is 3.16. The van der Waals surface area contributed by atoms with Gasteiger partial charge in [-0.3, -0.25) is 9.59 Å². The first-order valence-corrected chi connectivity index (χ1v) is 8.84. The van der Waals surface area contributed by atoms with Crippen LogP contribution in [0.3, 0.4) is 0 Å². The van der Waals surface area contributed by atoms with Gasteiger partial charge in [0, 0.05) is 26.7 Å². The average Bonchev–Trinajstić information content (AvgIpc) is 2.63. The number of nitrogens with one attached hydrogen (secondary N) is 2. The van der Waals surface area contributed by atoms with Crippen molar-refractivity contribution in [1.29, 1.82) is 0 Å². The first-order chi connectivity index (χ1) is 12.2. The predicted molar refractivity (Wildman–Crippen MR) is 98.7 cm³/mol. The molecular weight excluding hydrogens is 334 g/mol. The number of methoxy groups -OCH3 is 1. The lowest BCUT2D eigenvalue weighted by Crippen LogP contribution is -2.62. The minimum atomic E-state index is -1.51. The van der Waals surface area contributed by atoms with Crippen molar-refractivity contribution in [1.82, 2.24) is 15.5 Å². The molecule has 0 saturated carbocycles. The smallest absolute Gasteiger partial charge is 0.256 e. The molecule has 1 unspecified atom stereocenters. The number of hydrogen-bond acceptors (Lipinski definition) is 5. The Morgan fingerprint density at radius 2 is 2.15 bits per heavy atom. The third kappa shape index (κ3) is 4.53. The molecule has 1 atom stereocenters. The minimum Gasteiger partial charge on any atom is -0.497 e. The molecule has 0 bridgehead atoms. The van der Waals surface area contributed by atoms with Crippen molar-refractivity contribution >= 4 is 11.8 Å². The van der Waals surface area contributed by atoms with E-state index in [-0.39, 0.29) is 18.4 Å². The molecule has 1 aliphatic heterocycles. The highest BCUT2D eigenvalue weighted by molar-refractivity contribution is 5.87. The SMILES string of the molecule is CNC(=O)C(C)(C)NCC1(O)CCCN(Cc2cccc(OC)c2)C1=O. The van der Waals surface area contributed by atoms with Gasteiger partial charge in [-0.15, -0.1) is 0 Å². The maximum Gasteiger partial charge on any atom is 0.256 e. The van der Waals surface area contributed by atoms with Gasteiger partial charge in [0.15, 0.2) is 5.60 Å². The first kappa shape index (κ1) is 20.2. The number of carbonyl (C=O) groups excluding carboxylic acids is 2. The Kier molecular flexibility index (Phi) is 6.26. The maximum atomic E-state index is 12.9. The van der Waals surface area contributed by atoms with Crippen molar-refractivity contribution in [2.45, 2.75) is 44.4 Å². The van der Waals surface area contributed by atoms with Crippen LogP contribution in [0.5, 0.6) is 5.75 Å². The monoisotopic (exact) mass is 363 g/mol. The predicted octanol–water partition coefficient (Wildman–Crippen LogP) is 0.663. The molecule has 7 nitrogen and oxygen atoms in total. The van der Waals surface area contributed by atoms with E-state index < -0.39 is 11.1 Å². The van der Waals surface area contributed by atoms with Crippen LogP contribution < -0.4 is 15.4 Å². The lowest BCUT2D eigenvalue weighted by Gasteiger charge is -2.40. The standard InChI is InChI=1S/C19H29N3O4/c1-18(2,16(23)20-3)21-13-19(25)9-6-10-22(17(19)24)12-14-7-5-8-15(11-14)26-4/h5,7-8,11,21,25H,6,9-10,12-13H2,1-4H3,(H,20,23). The number of β-amino-alcohol motifs (C(OH)–C–C–N with tert-alkyl or cyclic N) is 1. The summed E-state index contributed by atoms with van der Waals surface area (Å²) in [5.41, 5.74) is -1.44. The molecule has 3 N–H and O–H groups in total. The fraction of sp³-hybridized carbons (Fsp3) is 0.579. The van der Waals surface area contributed by atoms with Crippen LogP contribution in [-0.4, -0.2) is 60.2 Å². The van der Waals surface area contributed by atoms with E-state index in [0.717, 1.165) is 11.3 Å². The van der Waals surface area contributed by atoms with E-state index in [0.29, 0.717) is 25.9 Å². The number of piperidine rings is 1. The minimum absolute atomic E-state index is 0.0286. The highest BCUT2D eigenvalue weighted by atomic mass is 16.5. The molecule has 0 aliphatic carbocycles. The zero-order valence-electron chi connectivity index (χ0n) is 16.0. The molecule has 1 aromatic rings. The van der Waals surface area contributed by atoms with Crippen molar-refractivity contribution in [3.05, 3.63) is 29.8 Å². The molecule has 2 rings (SSSR count). The molecular formula is C19H29N3O4. The van der Waals surface area contributed by atoms with Gasteiger partial charge in [-0.2, -0.15) is 0 Å². The summed E-state index contributed by atoms with van der Waals surface area (Å²) in [6, 6.07) is 7.54. The third-order valence-corrected chi connectivity index (χ3v) is 4.83. The number of aliphatic hydroxyl groups is 1. The third-order valence-electron chi connectivity index (χ3n) is 4.83. The number of rotatable bonds is 7. The quantitative estimate of drug-likeness (QED) is 0.662. The van der Waals surface area contributed by atoms with Crippen LogP contribution in [0.1, 0.15) is 32.3 Å². The Morgan fingerprint density at radius 1 is 1.42 bits per heavy atom. The summed E-state index contributed by atoms with van der Waals surface area (Å²) >= 11 is 0. The number of hydrogen-bond donors (Lipinski definition) is 3. The van der Waals surface area contributed by atoms with Gasteiger partial charge >= 0.3 is 0 Å². The van der Waals surface area contributed by atoms with Gasteiger partial charge in [0.2, 0.25) is 5.91 Å². The molecule has 1 aliphatic rings. The van der Waals surface area contributed by atoms with Crippen LogP contribution >= 0.6 is 0 Å². The van der Waals surface area contributed by atoms with Gasteiger partial charge < -0.3 is 25.4 Å². The van der Waals surface area contributed by atoms with E-state index in [2.05, 4.69) is 10.6 Å². The van der Waals surface area contributed by atoms with Gasteiger partial charge in [0.05, 0.1) is 12.6 Å². The summed E-state index contributed by atoms with van der Waals surface area (Å²) in [4.78, 5) is 26.4. The van der Waals surface area contributed by atoms with E-state index in [1.807, 2.05) is 24.3 Å². The molecule has 26 heavy (non-hydrogen) atoms. The van der Waals surface area contributed by atoms with E-state index in [1.165, 1.54) is 0 Å². The van der Waals surface area contributed by atoms with Crippen molar-refractivity contribution in [3.8, 4) is 5.75 Å². The molecule has 2 amide bonds. The lowest BCUT2D eigenvalue weighted by atomic mass is 9.90. The Morgan fingerprint density at radius 3 is 2.81 bits per heavy atom. The van der Waals surface area contributed by atoms with Gasteiger partial charge in [-0.05, 0) is 44.4 Å². The van der Waals surface area contributed by atoms with E-state index in [1.54, 1.807) is 32.9 Å². The second kappa shape index (κ2) is 8.05. The number of carbonyl (C=O) groups is 2. The maximum absolute atomic E-state index is 12.9. The van der Waals surface area contributed by atoms with Crippen LogP contribution in [-0.2, 0) is 16.1 Å². The van der Waals surface area contributed by atoms with Gasteiger partial charge in [-0.1, -0.05) is 12.1 Å². The number of nitrogens with zero attached hydrogens (tertiary/aromatic N) is 1. The normalized spacial score (nSPS) is 20.8. The van der Waals surface area contributed by atoms with Crippen LogP contribution in [0.4, 0.5) is 0 Å². The summed E-state index contributed by atoms with van der Waals surface area (Å²) < 4.78 is 5.22. The van der Waals surface area contributed by atoms with Crippen molar-refractivity contribution in [2.24, 2.45) is 0 Å². The van der Waals surface area contributed by atoms with Crippen molar-refractivity contribution < 1.29 is 19.4 Å². The van der Waals surface area contributed by atoms with Crippen LogP contribution in [0.2, 0.25) is 0 Å². The second-order valence-corrected chi connectivity index (χ2v) is 7.27. The Bertz CT molecular complexity index is 662. The average molecular weight is 363 g/mol. The Balaban J connectivity index is 2.06. The van der Waals surface area contributed by atoms with Crippen molar-refractivity contribution in [3.63, 3.8) is 0 Å². The number of amides is 2. The molecule has 0 spiro atoms. The summed E-state index contributed by atoms with van der Waals surface area (Å²) in [5, 5.41) is 16.5. The first-order valence-electron chi connectivity index (χ1n) is 8.84. The molecule has 1 aromatic carbocycles. The molecule has 1 heterocycles. The molecule has 1 saturated heterocycles. The van der Waals surface area contributed by atoms with E-state index in [4.69, 9.17) is 4.74 Å². The van der Waals surface area contributed by atoms with Crippen LogP contribution in [0, 0.1) is 0 Å². The summed E-state index contributed by atoms with van der Waals surface area (Å²) in [5.74, 6) is 0.223. The van der Waals surface area contributed by atoms with Crippen LogP contribution in [0.25, 0.3) is 0 Å². The number of likely N-dealkylation sites (tertiary alicyclic amines) is 1. The van der Waals surface area contributed by atoms with Crippen molar-refractivity contribution in [2.75, 3.05) is 27.2 Å². The Labute approximate surface area is 154 Å². The fourth-order valence-corrected chi connectivity index (χ4v) is 3.13. The van der Waals surface area contributed by atoms with E-state index in [9.17, 15) is 14.7 Å². The molecule has 144 valence electrons. The highest BCUT2D eigenvalue weighted by Gasteiger charge is 2.43. The number of likely N-dealkylation sites (N-methyl/N-ethyl adjacent to an activating group) is 1. The summed E-state index contributed by atoms with van der Waals surface area (Å²) in [6.45, 7) is 4.47. The van der Waals surface area contributed by atoms with Gasteiger partial charge in [0.1, 0.15) is 5.75 Å². The summed E-state index contributed by atoms with van der Waals surface area (Å²) in [6.07, 6.45) is 1.07. The van der Waals surface area contributed by atoms with Gasteiger partial charge in [0.25, 0.3) is 5.91 Å². The zero-order chi connectivity index (χ0) is 19.4. The fourth-order valence-electron chi connectivity index (χ4n) is 3.13. The molecule has 1 fully saturated rings. The second-order valence-electron chi connectivity index (χ2n) is 7.27.